The Morgan fingerprint density at radius 3 is 2.24 bits per heavy atom. The number of piperazine rings is 1. The van der Waals surface area contributed by atoms with Gasteiger partial charge >= 0.3 is 12.1 Å². The molecule has 1 amide bonds. The van der Waals surface area contributed by atoms with Crippen molar-refractivity contribution in [3.8, 4) is 0 Å². The third-order valence-corrected chi connectivity index (χ3v) is 4.29. The first-order valence-corrected chi connectivity index (χ1v) is 8.79. The van der Waals surface area contributed by atoms with E-state index in [0.717, 1.165) is 45.0 Å². The zero-order chi connectivity index (χ0) is 21.6. The summed E-state index contributed by atoms with van der Waals surface area (Å²) in [5.74, 6) is -1.19. The minimum Gasteiger partial charge on any atom is -0.475 e. The van der Waals surface area contributed by atoms with Gasteiger partial charge in [0.05, 0.1) is 12.1 Å². The maximum atomic E-state index is 12.5. The molecule has 29 heavy (non-hydrogen) atoms. The van der Waals surface area contributed by atoms with Gasteiger partial charge in [-0.2, -0.15) is 18.3 Å². The lowest BCUT2D eigenvalue weighted by atomic mass is 10.2. The fourth-order valence-electron chi connectivity index (χ4n) is 2.78. The Morgan fingerprint density at radius 2 is 1.79 bits per heavy atom. The van der Waals surface area contributed by atoms with E-state index in [2.05, 4.69) is 15.0 Å². The van der Waals surface area contributed by atoms with Crippen LogP contribution in [0, 0.1) is 13.8 Å². The van der Waals surface area contributed by atoms with Crippen LogP contribution < -0.4 is 0 Å². The summed E-state index contributed by atoms with van der Waals surface area (Å²) in [7, 11) is 0. The number of aliphatic carboxylic acids is 1. The lowest BCUT2D eigenvalue weighted by Crippen LogP contribution is -2.49. The van der Waals surface area contributed by atoms with Gasteiger partial charge in [-0.3, -0.25) is 14.4 Å². The molecule has 0 aromatic carbocycles. The summed E-state index contributed by atoms with van der Waals surface area (Å²) in [4.78, 5) is 29.6. The molecule has 9 nitrogen and oxygen atoms in total. The van der Waals surface area contributed by atoms with Crippen LogP contribution in [0.15, 0.2) is 23.1 Å². The number of carbonyl (C=O) groups is 2. The summed E-state index contributed by atoms with van der Waals surface area (Å²) in [6.45, 7) is 8.73. The van der Waals surface area contributed by atoms with Crippen molar-refractivity contribution in [2.24, 2.45) is 0 Å². The lowest BCUT2D eigenvalue weighted by molar-refractivity contribution is -0.192. The summed E-state index contributed by atoms with van der Waals surface area (Å²) in [6, 6.07) is 1.83. The predicted octanol–water partition coefficient (Wildman–Crippen LogP) is 1.58. The number of alkyl halides is 3. The highest BCUT2D eigenvalue weighted by atomic mass is 19.4. The molecule has 0 unspecified atom stereocenters. The van der Waals surface area contributed by atoms with Crippen LogP contribution in [-0.4, -0.2) is 80.4 Å². The van der Waals surface area contributed by atoms with E-state index in [-0.39, 0.29) is 5.91 Å². The Hall–Kier alpha value is -2.89. The number of hydrogen-bond donors (Lipinski definition) is 1. The number of carbonyl (C=O) groups excluding carboxylic acids is 1. The maximum absolute atomic E-state index is 12.5. The minimum atomic E-state index is -5.08. The summed E-state index contributed by atoms with van der Waals surface area (Å²) >= 11 is 0. The maximum Gasteiger partial charge on any atom is 0.490 e. The standard InChI is InChI=1S/C15H21N5O2.C2HF3O2/c1-12-9-14(13(2)22-12)15(21)19-6-3-18(4-7-19)5-8-20-11-16-10-17-20;3-2(4,5)1(6)7/h9-11H,3-8H2,1-2H3;(H,6,7). The molecule has 0 aliphatic carbocycles. The molecule has 0 saturated carbocycles. The van der Waals surface area contributed by atoms with E-state index in [1.807, 2.05) is 29.5 Å². The number of aromatic nitrogens is 3. The van der Waals surface area contributed by atoms with Crippen LogP contribution in [0.1, 0.15) is 21.9 Å². The van der Waals surface area contributed by atoms with E-state index in [1.165, 1.54) is 0 Å². The highest BCUT2D eigenvalue weighted by Gasteiger charge is 2.38. The van der Waals surface area contributed by atoms with Crippen LogP contribution in [-0.2, 0) is 11.3 Å². The van der Waals surface area contributed by atoms with Crippen molar-refractivity contribution in [1.29, 1.82) is 0 Å². The minimum absolute atomic E-state index is 0.0743. The molecule has 2 aromatic rings. The van der Waals surface area contributed by atoms with E-state index in [0.29, 0.717) is 11.3 Å². The first-order chi connectivity index (χ1) is 13.6. The molecular weight excluding hydrogens is 395 g/mol. The summed E-state index contributed by atoms with van der Waals surface area (Å²) in [6.07, 6.45) is -1.81. The van der Waals surface area contributed by atoms with Gasteiger partial charge in [0.15, 0.2) is 0 Å². The third-order valence-electron chi connectivity index (χ3n) is 4.29. The summed E-state index contributed by atoms with van der Waals surface area (Å²) < 4.78 is 39.0. The van der Waals surface area contributed by atoms with Gasteiger partial charge in [-0.1, -0.05) is 0 Å². The molecule has 1 fully saturated rings. The molecule has 0 atom stereocenters. The number of aryl methyl sites for hydroxylation is 2. The van der Waals surface area contributed by atoms with Crippen LogP contribution >= 0.6 is 0 Å². The Morgan fingerprint density at radius 1 is 1.17 bits per heavy atom. The molecule has 1 N–H and O–H groups in total. The molecule has 3 heterocycles. The number of carboxylic acid groups (broad SMARTS) is 1. The first kappa shape index (κ1) is 22.4. The first-order valence-electron chi connectivity index (χ1n) is 8.79. The Labute approximate surface area is 164 Å². The average Bonchev–Trinajstić information content (AvgIpc) is 3.29. The molecule has 1 aliphatic heterocycles. The molecule has 0 spiro atoms. The van der Waals surface area contributed by atoms with Crippen LogP contribution in [0.3, 0.4) is 0 Å². The zero-order valence-electron chi connectivity index (χ0n) is 16.0. The Balaban J connectivity index is 0.000000370. The normalized spacial score (nSPS) is 15.0. The second kappa shape index (κ2) is 9.54. The fraction of sp³-hybridized carbons (Fsp3) is 0.529. The number of hydrogen-bond acceptors (Lipinski definition) is 6. The van der Waals surface area contributed by atoms with Crippen molar-refractivity contribution in [2.45, 2.75) is 26.6 Å². The topological polar surface area (TPSA) is 105 Å². The van der Waals surface area contributed by atoms with Crippen molar-refractivity contribution in [3.05, 3.63) is 35.8 Å². The highest BCUT2D eigenvalue weighted by molar-refractivity contribution is 5.95. The molecule has 12 heteroatoms. The molecular formula is C17H22F3N5O4. The third kappa shape index (κ3) is 6.59. The van der Waals surface area contributed by atoms with Gasteiger partial charge in [-0.25, -0.2) is 9.78 Å². The van der Waals surface area contributed by atoms with Crippen molar-refractivity contribution < 1.29 is 32.3 Å². The van der Waals surface area contributed by atoms with Gasteiger partial charge in [-0.05, 0) is 19.9 Å². The number of furan rings is 1. The number of rotatable bonds is 4. The summed E-state index contributed by atoms with van der Waals surface area (Å²) in [5.41, 5.74) is 0.688. The van der Waals surface area contributed by atoms with Gasteiger partial charge < -0.3 is 14.4 Å². The average molecular weight is 417 g/mol. The smallest absolute Gasteiger partial charge is 0.475 e. The lowest BCUT2D eigenvalue weighted by Gasteiger charge is -2.34. The molecule has 3 rings (SSSR count). The second-order valence-electron chi connectivity index (χ2n) is 6.42. The van der Waals surface area contributed by atoms with E-state index in [9.17, 15) is 18.0 Å². The quantitative estimate of drug-likeness (QED) is 0.805. The molecule has 0 radical (unpaired) electrons. The van der Waals surface area contributed by atoms with E-state index < -0.39 is 12.1 Å². The van der Waals surface area contributed by atoms with Crippen LogP contribution in [0.4, 0.5) is 13.2 Å². The van der Waals surface area contributed by atoms with Gasteiger partial charge in [0.1, 0.15) is 24.2 Å². The van der Waals surface area contributed by atoms with Crippen molar-refractivity contribution in [3.63, 3.8) is 0 Å². The largest absolute Gasteiger partial charge is 0.490 e. The van der Waals surface area contributed by atoms with E-state index in [1.54, 1.807) is 12.7 Å². The number of halogens is 3. The van der Waals surface area contributed by atoms with Gasteiger partial charge in [0.25, 0.3) is 5.91 Å². The fourth-order valence-corrected chi connectivity index (χ4v) is 2.78. The van der Waals surface area contributed by atoms with Crippen molar-refractivity contribution in [1.82, 2.24) is 24.6 Å². The predicted molar refractivity (Wildman–Crippen MR) is 94.2 cm³/mol. The molecule has 1 saturated heterocycles. The van der Waals surface area contributed by atoms with Crippen LogP contribution in [0.25, 0.3) is 0 Å². The highest BCUT2D eigenvalue weighted by Crippen LogP contribution is 2.17. The Bertz CT molecular complexity index is 812. The Kier molecular flexibility index (Phi) is 7.37. The molecule has 0 bridgehead atoms. The van der Waals surface area contributed by atoms with Gasteiger partial charge in [0, 0.05) is 32.7 Å². The number of amides is 1. The van der Waals surface area contributed by atoms with E-state index in [4.69, 9.17) is 14.3 Å². The van der Waals surface area contributed by atoms with E-state index >= 15 is 0 Å². The zero-order valence-corrected chi connectivity index (χ0v) is 16.0. The van der Waals surface area contributed by atoms with Gasteiger partial charge in [0.2, 0.25) is 0 Å². The number of nitrogens with zero attached hydrogens (tertiary/aromatic N) is 5. The van der Waals surface area contributed by atoms with Crippen molar-refractivity contribution in [2.75, 3.05) is 32.7 Å². The SMILES string of the molecule is Cc1cc(C(=O)N2CCN(CCn3cncn3)CC2)c(C)o1.O=C(O)C(F)(F)F. The second-order valence-corrected chi connectivity index (χ2v) is 6.42. The molecule has 2 aromatic heterocycles. The molecule has 1 aliphatic rings. The molecule has 160 valence electrons. The van der Waals surface area contributed by atoms with Crippen LogP contribution in [0.2, 0.25) is 0 Å². The summed E-state index contributed by atoms with van der Waals surface area (Å²) in [5, 5.41) is 11.2. The van der Waals surface area contributed by atoms with Gasteiger partial charge in [-0.15, -0.1) is 0 Å². The van der Waals surface area contributed by atoms with Crippen LogP contribution in [0.5, 0.6) is 0 Å². The monoisotopic (exact) mass is 417 g/mol. The number of carboxylic acids is 1. The van der Waals surface area contributed by atoms with Crippen molar-refractivity contribution >= 4 is 11.9 Å².